The number of nitrogens with zero attached hydrogens (tertiary/aromatic N) is 4. The molecule has 8 nitrogen and oxygen atoms in total. The first-order chi connectivity index (χ1) is 18.8. The number of carbonyl (C=O) groups excluding carboxylic acids is 1. The number of halogens is 1. The van der Waals surface area contributed by atoms with Crippen LogP contribution in [-0.2, 0) is 12.1 Å². The van der Waals surface area contributed by atoms with Crippen molar-refractivity contribution in [2.75, 3.05) is 14.2 Å². The number of ether oxygens (including phenoxy) is 2. The molecule has 1 atom stereocenters. The molecule has 1 N–H and O–H groups in total. The topological polar surface area (TPSA) is 99.4 Å². The molecule has 0 bridgehead atoms. The van der Waals surface area contributed by atoms with Gasteiger partial charge in [0, 0.05) is 23.1 Å². The number of Topliss-reactive ketones (excluding diaryl/α,β-unsaturated/α-hetero) is 1. The second-order valence-electron chi connectivity index (χ2n) is 9.95. The number of carbonyl (C=O) groups is 1. The van der Waals surface area contributed by atoms with Crippen molar-refractivity contribution in [3.63, 3.8) is 0 Å². The lowest BCUT2D eigenvalue weighted by Crippen LogP contribution is -2.30. The first-order valence-electron chi connectivity index (χ1n) is 12.9. The Morgan fingerprint density at radius 3 is 2.56 bits per heavy atom. The summed E-state index contributed by atoms with van der Waals surface area (Å²) in [5.74, 6) is 0.725. The lowest BCUT2D eigenvalue weighted by Gasteiger charge is -2.28. The van der Waals surface area contributed by atoms with E-state index < -0.39 is 5.60 Å². The number of pyridine rings is 1. The van der Waals surface area contributed by atoms with Gasteiger partial charge >= 0.3 is 0 Å². The van der Waals surface area contributed by atoms with Crippen LogP contribution in [0.3, 0.4) is 0 Å². The van der Waals surface area contributed by atoms with E-state index in [0.29, 0.717) is 46.1 Å². The van der Waals surface area contributed by atoms with Crippen molar-refractivity contribution in [3.8, 4) is 22.8 Å². The van der Waals surface area contributed by atoms with Crippen LogP contribution in [0.4, 0.5) is 4.39 Å². The van der Waals surface area contributed by atoms with E-state index in [2.05, 4.69) is 10.1 Å². The summed E-state index contributed by atoms with van der Waals surface area (Å²) in [5, 5.41) is 16.0. The molecule has 0 radical (unpaired) electrons. The zero-order valence-electron chi connectivity index (χ0n) is 22.2. The van der Waals surface area contributed by atoms with E-state index in [1.165, 1.54) is 12.4 Å². The van der Waals surface area contributed by atoms with Crippen molar-refractivity contribution in [1.82, 2.24) is 19.7 Å². The molecule has 1 aliphatic carbocycles. The minimum atomic E-state index is -1.27. The second-order valence-corrected chi connectivity index (χ2v) is 9.95. The van der Waals surface area contributed by atoms with Crippen molar-refractivity contribution >= 4 is 5.78 Å². The van der Waals surface area contributed by atoms with Crippen LogP contribution in [0.15, 0.2) is 61.2 Å². The van der Waals surface area contributed by atoms with Crippen molar-refractivity contribution in [1.29, 1.82) is 0 Å². The maximum absolute atomic E-state index is 13.9. The maximum Gasteiger partial charge on any atom is 0.163 e. The molecule has 1 unspecified atom stereocenters. The highest BCUT2D eigenvalue weighted by atomic mass is 19.1. The number of ketones is 1. The van der Waals surface area contributed by atoms with Crippen LogP contribution in [0, 0.1) is 18.7 Å². The van der Waals surface area contributed by atoms with Gasteiger partial charge in [-0.1, -0.05) is 12.1 Å². The Bertz CT molecular complexity index is 1490. The van der Waals surface area contributed by atoms with Crippen LogP contribution in [0.25, 0.3) is 11.3 Å². The molecular formula is C30H31FN4O4. The average Bonchev–Trinajstić information content (AvgIpc) is 3.70. The molecule has 0 aliphatic heterocycles. The van der Waals surface area contributed by atoms with Gasteiger partial charge in [-0.15, -0.1) is 0 Å². The van der Waals surface area contributed by atoms with Crippen molar-refractivity contribution in [2.45, 2.75) is 44.8 Å². The number of hydrogen-bond acceptors (Lipinski definition) is 7. The summed E-state index contributed by atoms with van der Waals surface area (Å²) in [6.07, 6.45) is 5.15. The number of rotatable bonds is 11. The predicted molar refractivity (Wildman–Crippen MR) is 143 cm³/mol. The third-order valence-corrected chi connectivity index (χ3v) is 7.35. The van der Waals surface area contributed by atoms with E-state index in [1.807, 2.05) is 6.07 Å². The van der Waals surface area contributed by atoms with Gasteiger partial charge in [-0.2, -0.15) is 5.10 Å². The Labute approximate surface area is 226 Å². The van der Waals surface area contributed by atoms with Gasteiger partial charge in [0.2, 0.25) is 0 Å². The molecule has 39 heavy (non-hydrogen) atoms. The summed E-state index contributed by atoms with van der Waals surface area (Å²) in [7, 11) is 3.11. The highest BCUT2D eigenvalue weighted by Gasteiger charge is 2.46. The van der Waals surface area contributed by atoms with E-state index >= 15 is 0 Å². The molecule has 1 saturated carbocycles. The van der Waals surface area contributed by atoms with E-state index in [1.54, 1.807) is 68.6 Å². The van der Waals surface area contributed by atoms with Gasteiger partial charge in [-0.3, -0.25) is 4.79 Å². The van der Waals surface area contributed by atoms with Gasteiger partial charge < -0.3 is 14.6 Å². The van der Waals surface area contributed by atoms with Gasteiger partial charge in [0.25, 0.3) is 0 Å². The molecule has 1 aliphatic rings. The highest BCUT2D eigenvalue weighted by molar-refractivity contribution is 5.96. The fourth-order valence-corrected chi connectivity index (χ4v) is 4.94. The lowest BCUT2D eigenvalue weighted by atomic mass is 9.86. The quantitative estimate of drug-likeness (QED) is 0.269. The maximum atomic E-state index is 13.9. The van der Waals surface area contributed by atoms with Gasteiger partial charge in [0.05, 0.1) is 26.5 Å². The smallest absolute Gasteiger partial charge is 0.163 e. The van der Waals surface area contributed by atoms with Crippen LogP contribution in [-0.4, -0.2) is 44.9 Å². The Morgan fingerprint density at radius 2 is 1.90 bits per heavy atom. The van der Waals surface area contributed by atoms with E-state index in [4.69, 9.17) is 14.5 Å². The Hall–Kier alpha value is -4.11. The minimum absolute atomic E-state index is 0.00795. The Balaban J connectivity index is 1.38. The SMILES string of the molecule is COc1cc(C(=O)CCC(O)(c2ccc(OC)c(-c3ccc(F)c(C)c3)n2)C2CC2)ccc1Cn1cncn1. The van der Waals surface area contributed by atoms with Gasteiger partial charge in [-0.05, 0) is 74.1 Å². The van der Waals surface area contributed by atoms with Crippen LogP contribution < -0.4 is 9.47 Å². The van der Waals surface area contributed by atoms with E-state index in [9.17, 15) is 14.3 Å². The number of aliphatic hydroxyl groups is 1. The molecule has 0 saturated heterocycles. The van der Waals surface area contributed by atoms with Crippen LogP contribution in [0.1, 0.15) is 52.9 Å². The van der Waals surface area contributed by atoms with E-state index in [-0.39, 0.29) is 30.4 Å². The Kier molecular flexibility index (Phi) is 7.43. The summed E-state index contributed by atoms with van der Waals surface area (Å²) in [5.41, 5.74) is 2.31. The zero-order valence-corrected chi connectivity index (χ0v) is 22.2. The molecule has 9 heteroatoms. The van der Waals surface area contributed by atoms with Gasteiger partial charge in [0.15, 0.2) is 5.78 Å². The fourth-order valence-electron chi connectivity index (χ4n) is 4.94. The van der Waals surface area contributed by atoms with Gasteiger partial charge in [-0.25, -0.2) is 19.0 Å². The highest BCUT2D eigenvalue weighted by Crippen LogP contribution is 2.49. The number of aryl methyl sites for hydroxylation is 1. The summed E-state index contributed by atoms with van der Waals surface area (Å²) in [6.45, 7) is 2.16. The van der Waals surface area contributed by atoms with Crippen LogP contribution >= 0.6 is 0 Å². The third kappa shape index (κ3) is 5.54. The number of aromatic nitrogens is 4. The summed E-state index contributed by atoms with van der Waals surface area (Å²) in [6, 6.07) is 13.6. The number of methoxy groups -OCH3 is 2. The Morgan fingerprint density at radius 1 is 1.10 bits per heavy atom. The average molecular weight is 531 g/mol. The third-order valence-electron chi connectivity index (χ3n) is 7.35. The first-order valence-corrected chi connectivity index (χ1v) is 12.9. The lowest BCUT2D eigenvalue weighted by molar-refractivity contribution is -0.00110. The standard InChI is InChI=1S/C30H31FN4O4/c1-19-14-21(6-9-24(19)31)29-26(38-2)10-11-28(34-29)30(37,23-7-8-23)13-12-25(36)20-4-5-22(27(15-20)39-3)16-35-18-32-17-33-35/h4-6,9-11,14-15,17-18,23,37H,7-8,12-13,16H2,1-3H3. The molecule has 0 spiro atoms. The van der Waals surface area contributed by atoms with E-state index in [0.717, 1.165) is 18.4 Å². The fraction of sp³-hybridized carbons (Fsp3) is 0.333. The summed E-state index contributed by atoms with van der Waals surface area (Å²) in [4.78, 5) is 22.0. The monoisotopic (exact) mass is 530 g/mol. The predicted octanol–water partition coefficient (Wildman–Crippen LogP) is 5.11. The molecule has 202 valence electrons. The molecule has 2 heterocycles. The minimum Gasteiger partial charge on any atom is -0.496 e. The molecule has 0 amide bonds. The number of benzene rings is 2. The molecule has 1 fully saturated rings. The normalized spacial score (nSPS) is 14.6. The number of hydrogen-bond donors (Lipinski definition) is 1. The van der Waals surface area contributed by atoms with Crippen molar-refractivity contribution in [2.24, 2.45) is 5.92 Å². The summed E-state index contributed by atoms with van der Waals surface area (Å²) >= 11 is 0. The summed E-state index contributed by atoms with van der Waals surface area (Å²) < 4.78 is 26.6. The van der Waals surface area contributed by atoms with Crippen LogP contribution in [0.2, 0.25) is 0 Å². The largest absolute Gasteiger partial charge is 0.496 e. The van der Waals surface area contributed by atoms with Gasteiger partial charge in [0.1, 0.15) is 41.3 Å². The van der Waals surface area contributed by atoms with Crippen molar-refractivity contribution < 1.29 is 23.8 Å². The molecular weight excluding hydrogens is 499 g/mol. The molecule has 5 rings (SSSR count). The zero-order chi connectivity index (χ0) is 27.6. The molecule has 2 aromatic carbocycles. The molecule has 4 aromatic rings. The van der Waals surface area contributed by atoms with Crippen molar-refractivity contribution in [3.05, 3.63) is 89.4 Å². The molecule has 2 aromatic heterocycles. The first kappa shape index (κ1) is 26.5. The second kappa shape index (κ2) is 10.9. The van der Waals surface area contributed by atoms with Crippen LogP contribution in [0.5, 0.6) is 11.5 Å².